The Kier molecular flexibility index (Phi) is 6.81. The van der Waals surface area contributed by atoms with Crippen molar-refractivity contribution >= 4 is 11.8 Å². The summed E-state index contributed by atoms with van der Waals surface area (Å²) in [5, 5.41) is 7.37. The standard InChI is InChI=1S/C21H28N4O3/c1-16(8-9-18-6-4-3-5-7-18)22-20(26)15-25-17(2)14-19(23-25)21(27)24-10-12-28-13-11-24/h3-7,14,16H,8-13,15H2,1-2H3,(H,22,26)/t16-/m1/s1. The molecule has 3 rings (SSSR count). The van der Waals surface area contributed by atoms with E-state index in [1.807, 2.05) is 32.0 Å². The molecular formula is C21H28N4O3. The summed E-state index contributed by atoms with van der Waals surface area (Å²) >= 11 is 0. The Balaban J connectivity index is 1.50. The summed E-state index contributed by atoms with van der Waals surface area (Å²) in [6.45, 7) is 6.22. The van der Waals surface area contributed by atoms with Gasteiger partial charge in [-0.25, -0.2) is 0 Å². The molecule has 0 radical (unpaired) electrons. The third-order valence-corrected chi connectivity index (χ3v) is 4.91. The van der Waals surface area contributed by atoms with E-state index in [0.717, 1.165) is 18.5 Å². The van der Waals surface area contributed by atoms with Crippen LogP contribution in [0.25, 0.3) is 0 Å². The van der Waals surface area contributed by atoms with Gasteiger partial charge in [-0.1, -0.05) is 30.3 Å². The van der Waals surface area contributed by atoms with Gasteiger partial charge < -0.3 is 15.0 Å². The molecular weight excluding hydrogens is 356 g/mol. The second-order valence-corrected chi connectivity index (χ2v) is 7.23. The molecule has 1 aromatic carbocycles. The number of hydrogen-bond donors (Lipinski definition) is 1. The van der Waals surface area contributed by atoms with Gasteiger partial charge in [0.1, 0.15) is 6.54 Å². The Labute approximate surface area is 165 Å². The largest absolute Gasteiger partial charge is 0.378 e. The van der Waals surface area contributed by atoms with Crippen molar-refractivity contribution < 1.29 is 14.3 Å². The molecule has 1 aromatic heterocycles. The monoisotopic (exact) mass is 384 g/mol. The summed E-state index contributed by atoms with van der Waals surface area (Å²) in [4.78, 5) is 26.7. The van der Waals surface area contributed by atoms with Gasteiger partial charge in [0.15, 0.2) is 5.69 Å². The summed E-state index contributed by atoms with van der Waals surface area (Å²) in [5.74, 6) is -0.209. The van der Waals surface area contributed by atoms with Gasteiger partial charge in [-0.3, -0.25) is 14.3 Å². The molecule has 1 atom stereocenters. The summed E-state index contributed by atoms with van der Waals surface area (Å²) in [6, 6.07) is 12.0. The van der Waals surface area contributed by atoms with Crippen molar-refractivity contribution in [3.8, 4) is 0 Å². The second kappa shape index (κ2) is 9.50. The van der Waals surface area contributed by atoms with E-state index in [0.29, 0.717) is 32.0 Å². The lowest BCUT2D eigenvalue weighted by Gasteiger charge is -2.25. The van der Waals surface area contributed by atoms with Crippen LogP contribution in [0.15, 0.2) is 36.4 Å². The predicted molar refractivity (Wildman–Crippen MR) is 106 cm³/mol. The Hall–Kier alpha value is -2.67. The molecule has 1 N–H and O–H groups in total. The van der Waals surface area contributed by atoms with Crippen LogP contribution in [0.5, 0.6) is 0 Å². The number of rotatable bonds is 7. The summed E-state index contributed by atoms with van der Waals surface area (Å²) < 4.78 is 6.87. The van der Waals surface area contributed by atoms with Crippen LogP contribution in [0.4, 0.5) is 0 Å². The highest BCUT2D eigenvalue weighted by molar-refractivity contribution is 5.92. The SMILES string of the molecule is Cc1cc(C(=O)N2CCOCC2)nn1CC(=O)N[C@H](C)CCc1ccccc1. The topological polar surface area (TPSA) is 76.5 Å². The van der Waals surface area contributed by atoms with Gasteiger partial charge in [0, 0.05) is 24.8 Å². The first-order valence-corrected chi connectivity index (χ1v) is 9.77. The second-order valence-electron chi connectivity index (χ2n) is 7.23. The summed E-state index contributed by atoms with van der Waals surface area (Å²) in [5.41, 5.74) is 2.44. The van der Waals surface area contributed by atoms with E-state index in [1.54, 1.807) is 15.6 Å². The van der Waals surface area contributed by atoms with Crippen molar-refractivity contribution in [2.24, 2.45) is 0 Å². The van der Waals surface area contributed by atoms with Gasteiger partial charge in [-0.2, -0.15) is 5.10 Å². The van der Waals surface area contributed by atoms with Crippen molar-refractivity contribution in [1.29, 1.82) is 0 Å². The summed E-state index contributed by atoms with van der Waals surface area (Å²) in [6.07, 6.45) is 1.79. The normalized spacial score (nSPS) is 15.3. The van der Waals surface area contributed by atoms with Crippen molar-refractivity contribution in [3.63, 3.8) is 0 Å². The quantitative estimate of drug-likeness (QED) is 0.790. The molecule has 0 bridgehead atoms. The number of amides is 2. The number of nitrogens with zero attached hydrogens (tertiary/aromatic N) is 3. The van der Waals surface area contributed by atoms with Gasteiger partial charge >= 0.3 is 0 Å². The number of nitrogens with one attached hydrogen (secondary N) is 1. The highest BCUT2D eigenvalue weighted by atomic mass is 16.5. The summed E-state index contributed by atoms with van der Waals surface area (Å²) in [7, 11) is 0. The van der Waals surface area contributed by atoms with Crippen LogP contribution in [0.1, 0.15) is 35.1 Å². The van der Waals surface area contributed by atoms with Crippen LogP contribution < -0.4 is 5.32 Å². The van der Waals surface area contributed by atoms with Crippen LogP contribution in [0.3, 0.4) is 0 Å². The fourth-order valence-electron chi connectivity index (χ4n) is 3.26. The van der Waals surface area contributed by atoms with E-state index in [1.165, 1.54) is 5.56 Å². The average molecular weight is 384 g/mol. The maximum absolute atomic E-state index is 12.5. The van der Waals surface area contributed by atoms with Crippen LogP contribution in [-0.4, -0.2) is 58.8 Å². The molecule has 28 heavy (non-hydrogen) atoms. The van der Waals surface area contributed by atoms with E-state index < -0.39 is 0 Å². The Bertz CT molecular complexity index is 797. The zero-order valence-corrected chi connectivity index (χ0v) is 16.6. The van der Waals surface area contributed by atoms with Crippen LogP contribution in [0.2, 0.25) is 0 Å². The lowest BCUT2D eigenvalue weighted by molar-refractivity contribution is -0.122. The van der Waals surface area contributed by atoms with E-state index in [2.05, 4.69) is 22.5 Å². The lowest BCUT2D eigenvalue weighted by atomic mass is 10.1. The van der Waals surface area contributed by atoms with Gasteiger partial charge in [0.2, 0.25) is 5.91 Å². The molecule has 0 unspecified atom stereocenters. The molecule has 0 saturated carbocycles. The number of morpholine rings is 1. The van der Waals surface area contributed by atoms with E-state index >= 15 is 0 Å². The number of ether oxygens (including phenoxy) is 1. The molecule has 1 fully saturated rings. The number of benzene rings is 1. The van der Waals surface area contributed by atoms with Crippen LogP contribution in [-0.2, 0) is 22.5 Å². The molecule has 7 heteroatoms. The number of aryl methyl sites for hydroxylation is 2. The molecule has 2 heterocycles. The number of carbonyl (C=O) groups excluding carboxylic acids is 2. The van der Waals surface area contributed by atoms with Crippen molar-refractivity contribution in [2.75, 3.05) is 26.3 Å². The van der Waals surface area contributed by atoms with Crippen LogP contribution in [0, 0.1) is 6.92 Å². The maximum Gasteiger partial charge on any atom is 0.274 e. The Morgan fingerprint density at radius 3 is 2.64 bits per heavy atom. The highest BCUT2D eigenvalue weighted by Crippen LogP contribution is 2.09. The fraction of sp³-hybridized carbons (Fsp3) is 0.476. The first kappa shape index (κ1) is 20.1. The average Bonchev–Trinajstić information content (AvgIpc) is 3.07. The Morgan fingerprint density at radius 2 is 1.93 bits per heavy atom. The maximum atomic E-state index is 12.5. The van der Waals surface area contributed by atoms with Crippen molar-refractivity contribution in [2.45, 2.75) is 39.3 Å². The Morgan fingerprint density at radius 1 is 1.21 bits per heavy atom. The number of hydrogen-bond acceptors (Lipinski definition) is 4. The van der Waals surface area contributed by atoms with Gasteiger partial charge in [-0.05, 0) is 38.3 Å². The van der Waals surface area contributed by atoms with E-state index in [4.69, 9.17) is 4.74 Å². The first-order chi connectivity index (χ1) is 13.5. The molecule has 1 saturated heterocycles. The lowest BCUT2D eigenvalue weighted by Crippen LogP contribution is -2.41. The minimum atomic E-state index is -0.109. The van der Waals surface area contributed by atoms with E-state index in [-0.39, 0.29) is 24.4 Å². The molecule has 0 aliphatic carbocycles. The van der Waals surface area contributed by atoms with Gasteiger partial charge in [0.25, 0.3) is 5.91 Å². The van der Waals surface area contributed by atoms with Crippen molar-refractivity contribution in [3.05, 3.63) is 53.3 Å². The van der Waals surface area contributed by atoms with Crippen LogP contribution >= 0.6 is 0 Å². The molecule has 1 aliphatic rings. The van der Waals surface area contributed by atoms with Gasteiger partial charge in [0.05, 0.1) is 13.2 Å². The fourth-order valence-corrected chi connectivity index (χ4v) is 3.26. The minimum Gasteiger partial charge on any atom is -0.378 e. The highest BCUT2D eigenvalue weighted by Gasteiger charge is 2.22. The third kappa shape index (κ3) is 5.42. The molecule has 1 aliphatic heterocycles. The van der Waals surface area contributed by atoms with Gasteiger partial charge in [-0.15, -0.1) is 0 Å². The van der Waals surface area contributed by atoms with Crippen molar-refractivity contribution in [1.82, 2.24) is 20.0 Å². The number of aromatic nitrogens is 2. The molecule has 7 nitrogen and oxygen atoms in total. The smallest absolute Gasteiger partial charge is 0.274 e. The minimum absolute atomic E-state index is 0.0676. The van der Waals surface area contributed by atoms with E-state index in [9.17, 15) is 9.59 Å². The molecule has 2 aromatic rings. The third-order valence-electron chi connectivity index (χ3n) is 4.91. The molecule has 0 spiro atoms. The molecule has 2 amide bonds. The first-order valence-electron chi connectivity index (χ1n) is 9.77. The zero-order valence-electron chi connectivity index (χ0n) is 16.6. The predicted octanol–water partition coefficient (Wildman–Crippen LogP) is 1.80. The number of carbonyl (C=O) groups is 2. The zero-order chi connectivity index (χ0) is 19.9. The molecule has 150 valence electrons.